The smallest absolute Gasteiger partial charge is 0.262 e. The zero-order chi connectivity index (χ0) is 17.5. The summed E-state index contributed by atoms with van der Waals surface area (Å²) in [5.41, 5.74) is 1.79. The maximum atomic E-state index is 14.3. The van der Waals surface area contributed by atoms with E-state index >= 15 is 0 Å². The maximum Gasteiger partial charge on any atom is 0.262 e. The molecule has 1 aliphatic rings. The zero-order valence-electron chi connectivity index (χ0n) is 13.3. The quantitative estimate of drug-likeness (QED) is 0.927. The molecule has 0 aromatic heterocycles. The number of nitrogens with one attached hydrogen (secondary N) is 1. The van der Waals surface area contributed by atoms with Crippen molar-refractivity contribution in [3.8, 4) is 0 Å². The number of rotatable bonds is 3. The lowest BCUT2D eigenvalue weighted by atomic mass is 10.1. The van der Waals surface area contributed by atoms with Crippen LogP contribution in [0.5, 0.6) is 0 Å². The minimum Gasteiger partial charge on any atom is -0.310 e. The number of anilines is 2. The van der Waals surface area contributed by atoms with Crippen LogP contribution >= 0.6 is 0 Å². The zero-order valence-corrected chi connectivity index (χ0v) is 14.2. The first kappa shape index (κ1) is 16.4. The van der Waals surface area contributed by atoms with Gasteiger partial charge in [0.2, 0.25) is 5.91 Å². The van der Waals surface area contributed by atoms with E-state index in [-0.39, 0.29) is 16.5 Å². The fraction of sp³-hybridized carbons (Fsp3) is 0.235. The fourth-order valence-corrected chi connectivity index (χ4v) is 3.86. The average molecular weight is 348 g/mol. The molecule has 3 rings (SSSR count). The molecule has 1 N–H and O–H groups in total. The highest BCUT2D eigenvalue weighted by Gasteiger charge is 2.29. The highest BCUT2D eigenvalue weighted by molar-refractivity contribution is 7.92. The second-order valence-electron chi connectivity index (χ2n) is 5.77. The van der Waals surface area contributed by atoms with Crippen molar-refractivity contribution >= 4 is 27.3 Å². The van der Waals surface area contributed by atoms with Gasteiger partial charge in [-0.05, 0) is 37.1 Å². The molecular formula is C17H17FN2O3S. The molecule has 0 saturated heterocycles. The number of hydrogen-bond donors (Lipinski definition) is 1. The molecule has 0 bridgehead atoms. The van der Waals surface area contributed by atoms with Crippen molar-refractivity contribution in [2.75, 3.05) is 16.2 Å². The molecule has 1 heterocycles. The van der Waals surface area contributed by atoms with Gasteiger partial charge in [-0.1, -0.05) is 23.8 Å². The topological polar surface area (TPSA) is 66.5 Å². The maximum absolute atomic E-state index is 14.3. The Morgan fingerprint density at radius 3 is 2.46 bits per heavy atom. The number of sulfonamides is 1. The standard InChI is InChI=1S/C17H17FN2O3S/c1-11-3-6-14(7-4-11)24(22,23)19-16-15(18)8-5-13-9-10-20(12(2)21)17(13)16/h3-8,19H,9-10H2,1-2H3. The minimum atomic E-state index is -3.95. The number of benzene rings is 2. The molecule has 1 amide bonds. The van der Waals surface area contributed by atoms with Gasteiger partial charge in [0.15, 0.2) is 0 Å². The summed E-state index contributed by atoms with van der Waals surface area (Å²) in [6.45, 7) is 3.63. The van der Waals surface area contributed by atoms with E-state index in [1.165, 1.54) is 30.0 Å². The van der Waals surface area contributed by atoms with Crippen LogP contribution in [0.1, 0.15) is 18.1 Å². The van der Waals surface area contributed by atoms with Crippen molar-refractivity contribution in [1.29, 1.82) is 0 Å². The predicted octanol–water partition coefficient (Wildman–Crippen LogP) is 2.84. The summed E-state index contributed by atoms with van der Waals surface area (Å²) in [4.78, 5) is 13.2. The summed E-state index contributed by atoms with van der Waals surface area (Å²) in [6.07, 6.45) is 0.564. The molecule has 24 heavy (non-hydrogen) atoms. The summed E-state index contributed by atoms with van der Waals surface area (Å²) in [5, 5.41) is 0. The summed E-state index contributed by atoms with van der Waals surface area (Å²) in [6, 6.07) is 9.06. The molecule has 0 radical (unpaired) electrons. The molecule has 0 spiro atoms. The minimum absolute atomic E-state index is 0.0393. The van der Waals surface area contributed by atoms with Crippen LogP contribution in [0.25, 0.3) is 0 Å². The first-order chi connectivity index (χ1) is 11.3. The summed E-state index contributed by atoms with van der Waals surface area (Å²) < 4.78 is 41.8. The monoisotopic (exact) mass is 348 g/mol. The third-order valence-electron chi connectivity index (χ3n) is 4.03. The first-order valence-corrected chi connectivity index (χ1v) is 8.97. The molecule has 1 aliphatic heterocycles. The van der Waals surface area contributed by atoms with E-state index in [1.807, 2.05) is 6.92 Å². The summed E-state index contributed by atoms with van der Waals surface area (Å²) in [5.74, 6) is -0.965. The van der Waals surface area contributed by atoms with Crippen molar-refractivity contribution in [3.05, 3.63) is 53.3 Å². The number of aryl methyl sites for hydroxylation is 1. The number of halogens is 1. The third-order valence-corrected chi connectivity index (χ3v) is 5.40. The van der Waals surface area contributed by atoms with E-state index < -0.39 is 15.8 Å². The van der Waals surface area contributed by atoms with E-state index in [1.54, 1.807) is 18.2 Å². The highest BCUT2D eigenvalue weighted by atomic mass is 32.2. The summed E-state index contributed by atoms with van der Waals surface area (Å²) in [7, 11) is -3.95. The van der Waals surface area contributed by atoms with E-state index in [4.69, 9.17) is 0 Å². The molecule has 0 aliphatic carbocycles. The van der Waals surface area contributed by atoms with Crippen LogP contribution in [0, 0.1) is 12.7 Å². The lowest BCUT2D eigenvalue weighted by Crippen LogP contribution is -2.27. The summed E-state index contributed by atoms with van der Waals surface area (Å²) >= 11 is 0. The molecule has 2 aromatic rings. The van der Waals surface area contributed by atoms with Gasteiger partial charge in [-0.15, -0.1) is 0 Å². The van der Waals surface area contributed by atoms with Crippen molar-refractivity contribution in [2.45, 2.75) is 25.2 Å². The molecule has 5 nitrogen and oxygen atoms in total. The van der Waals surface area contributed by atoms with Gasteiger partial charge in [0.05, 0.1) is 10.6 Å². The number of carbonyl (C=O) groups excluding carboxylic acids is 1. The Kier molecular flexibility index (Phi) is 4.04. The van der Waals surface area contributed by atoms with Gasteiger partial charge in [0.25, 0.3) is 10.0 Å². The van der Waals surface area contributed by atoms with Gasteiger partial charge < -0.3 is 4.90 Å². The Morgan fingerprint density at radius 1 is 1.17 bits per heavy atom. The van der Waals surface area contributed by atoms with E-state index in [2.05, 4.69) is 4.72 Å². The van der Waals surface area contributed by atoms with Crippen LogP contribution in [0.3, 0.4) is 0 Å². The van der Waals surface area contributed by atoms with E-state index in [9.17, 15) is 17.6 Å². The molecular weight excluding hydrogens is 331 g/mol. The molecule has 0 unspecified atom stereocenters. The van der Waals surface area contributed by atoms with Gasteiger partial charge in [-0.25, -0.2) is 12.8 Å². The van der Waals surface area contributed by atoms with Crippen LogP contribution < -0.4 is 9.62 Å². The van der Waals surface area contributed by atoms with Crippen LogP contribution in [0.4, 0.5) is 15.8 Å². The first-order valence-electron chi connectivity index (χ1n) is 7.48. The Bertz CT molecular complexity index is 908. The Balaban J connectivity index is 2.06. The van der Waals surface area contributed by atoms with Crippen LogP contribution in [-0.4, -0.2) is 20.9 Å². The van der Waals surface area contributed by atoms with Crippen molar-refractivity contribution in [3.63, 3.8) is 0 Å². The van der Waals surface area contributed by atoms with Gasteiger partial charge >= 0.3 is 0 Å². The second kappa shape index (κ2) is 5.90. The lowest BCUT2D eigenvalue weighted by molar-refractivity contribution is -0.116. The number of nitrogens with zero attached hydrogens (tertiary/aromatic N) is 1. The molecule has 126 valence electrons. The van der Waals surface area contributed by atoms with Gasteiger partial charge in [0.1, 0.15) is 11.5 Å². The van der Waals surface area contributed by atoms with Crippen molar-refractivity contribution in [1.82, 2.24) is 0 Å². The number of carbonyl (C=O) groups is 1. The Labute approximate surface area is 140 Å². The van der Waals surface area contributed by atoms with E-state index in [0.29, 0.717) is 18.7 Å². The number of amides is 1. The van der Waals surface area contributed by atoms with Gasteiger partial charge in [-0.3, -0.25) is 9.52 Å². The molecule has 0 fully saturated rings. The van der Waals surface area contributed by atoms with Crippen molar-refractivity contribution in [2.24, 2.45) is 0 Å². The molecule has 0 saturated carbocycles. The van der Waals surface area contributed by atoms with Crippen LogP contribution in [-0.2, 0) is 21.2 Å². The third kappa shape index (κ3) is 2.87. The SMILES string of the molecule is CC(=O)N1CCc2ccc(F)c(NS(=O)(=O)c3ccc(C)cc3)c21. The van der Waals surface area contributed by atoms with Gasteiger partial charge in [-0.2, -0.15) is 0 Å². The number of fused-ring (bicyclic) bond motifs is 1. The van der Waals surface area contributed by atoms with Crippen LogP contribution in [0.2, 0.25) is 0 Å². The second-order valence-corrected chi connectivity index (χ2v) is 7.45. The number of hydrogen-bond acceptors (Lipinski definition) is 3. The predicted molar refractivity (Wildman–Crippen MR) is 90.1 cm³/mol. The molecule has 0 atom stereocenters. The van der Waals surface area contributed by atoms with Gasteiger partial charge in [0, 0.05) is 13.5 Å². The van der Waals surface area contributed by atoms with Crippen molar-refractivity contribution < 1.29 is 17.6 Å². The van der Waals surface area contributed by atoms with Crippen LogP contribution in [0.15, 0.2) is 41.3 Å². The van der Waals surface area contributed by atoms with E-state index in [0.717, 1.165) is 11.1 Å². The fourth-order valence-electron chi connectivity index (χ4n) is 2.79. The largest absolute Gasteiger partial charge is 0.310 e. The Morgan fingerprint density at radius 2 is 1.83 bits per heavy atom. The highest BCUT2D eigenvalue weighted by Crippen LogP contribution is 2.38. The Hall–Kier alpha value is -2.41. The normalized spacial score (nSPS) is 13.7. The molecule has 7 heteroatoms. The average Bonchev–Trinajstić information content (AvgIpc) is 2.95. The molecule has 2 aromatic carbocycles. The lowest BCUT2D eigenvalue weighted by Gasteiger charge is -2.20.